The Labute approximate surface area is 98.2 Å². The lowest BCUT2D eigenvalue weighted by Crippen LogP contribution is -2.34. The van der Waals surface area contributed by atoms with Crippen LogP contribution in [-0.2, 0) is 0 Å². The molecule has 3 heteroatoms. The second-order valence-electron chi connectivity index (χ2n) is 4.74. The minimum atomic E-state index is 0.900. The highest BCUT2D eigenvalue weighted by Gasteiger charge is 2.14. The van der Waals surface area contributed by atoms with Gasteiger partial charge in [0.25, 0.3) is 0 Å². The first kappa shape index (κ1) is 11.7. The van der Waals surface area contributed by atoms with Crippen molar-refractivity contribution in [3.8, 4) is 0 Å². The minimum Gasteiger partial charge on any atom is -0.314 e. The summed E-state index contributed by atoms with van der Waals surface area (Å²) < 4.78 is 0. The summed E-state index contributed by atoms with van der Waals surface area (Å²) >= 11 is 2.17. The number of nitrogens with one attached hydrogen (secondary N) is 1. The van der Waals surface area contributed by atoms with Crippen LogP contribution in [-0.4, -0.2) is 48.6 Å². The molecule has 2 fully saturated rings. The molecule has 88 valence electrons. The van der Waals surface area contributed by atoms with Crippen LogP contribution in [0, 0.1) is 0 Å². The molecule has 0 aliphatic carbocycles. The Balaban J connectivity index is 1.47. The molecule has 15 heavy (non-hydrogen) atoms. The largest absolute Gasteiger partial charge is 0.314 e. The highest BCUT2D eigenvalue weighted by atomic mass is 32.2. The Morgan fingerprint density at radius 1 is 1.13 bits per heavy atom. The third-order valence-corrected chi connectivity index (χ3v) is 4.85. The van der Waals surface area contributed by atoms with Gasteiger partial charge < -0.3 is 10.2 Å². The molecule has 1 atom stereocenters. The Bertz CT molecular complexity index is 163. The van der Waals surface area contributed by atoms with Crippen molar-refractivity contribution in [3.63, 3.8) is 0 Å². The van der Waals surface area contributed by atoms with Gasteiger partial charge in [-0.05, 0) is 44.5 Å². The molecular formula is C12H24N2S. The summed E-state index contributed by atoms with van der Waals surface area (Å²) in [4.78, 5) is 2.58. The molecule has 2 rings (SSSR count). The first-order valence-corrected chi connectivity index (χ1v) is 7.55. The van der Waals surface area contributed by atoms with Gasteiger partial charge in [0.1, 0.15) is 0 Å². The van der Waals surface area contributed by atoms with Crippen molar-refractivity contribution in [2.24, 2.45) is 0 Å². The highest BCUT2D eigenvalue weighted by Crippen LogP contribution is 2.24. The van der Waals surface area contributed by atoms with Crippen LogP contribution in [0.15, 0.2) is 0 Å². The number of rotatable bonds is 5. The molecule has 0 saturated carbocycles. The van der Waals surface area contributed by atoms with Crippen LogP contribution in [0.1, 0.15) is 32.1 Å². The van der Waals surface area contributed by atoms with E-state index < -0.39 is 0 Å². The molecule has 2 heterocycles. The molecule has 1 N–H and O–H groups in total. The maximum Gasteiger partial charge on any atom is 0.0172 e. The van der Waals surface area contributed by atoms with Crippen LogP contribution < -0.4 is 5.32 Å². The summed E-state index contributed by atoms with van der Waals surface area (Å²) in [6.07, 6.45) is 7.15. The molecule has 0 aromatic rings. The lowest BCUT2D eigenvalue weighted by atomic mass is 10.2. The van der Waals surface area contributed by atoms with Gasteiger partial charge in [0.05, 0.1) is 0 Å². The fourth-order valence-corrected chi connectivity index (χ4v) is 3.75. The monoisotopic (exact) mass is 228 g/mol. The molecule has 0 bridgehead atoms. The lowest BCUT2D eigenvalue weighted by Gasteiger charge is -2.22. The van der Waals surface area contributed by atoms with E-state index in [1.165, 1.54) is 70.6 Å². The van der Waals surface area contributed by atoms with E-state index in [4.69, 9.17) is 0 Å². The number of likely N-dealkylation sites (tertiary alicyclic amines) is 1. The average Bonchev–Trinajstić information content (AvgIpc) is 2.79. The normalized spacial score (nSPS) is 28.4. The highest BCUT2D eigenvalue weighted by molar-refractivity contribution is 7.99. The molecule has 0 radical (unpaired) electrons. The molecule has 0 spiro atoms. The number of hydrogen-bond acceptors (Lipinski definition) is 3. The predicted molar refractivity (Wildman–Crippen MR) is 68.6 cm³/mol. The van der Waals surface area contributed by atoms with Gasteiger partial charge in [-0.2, -0.15) is 11.8 Å². The van der Waals surface area contributed by atoms with Gasteiger partial charge in [0.15, 0.2) is 0 Å². The number of thioether (sulfide) groups is 1. The molecule has 0 amide bonds. The third-order valence-electron chi connectivity index (χ3n) is 3.45. The van der Waals surface area contributed by atoms with Crippen LogP contribution in [0.5, 0.6) is 0 Å². The van der Waals surface area contributed by atoms with Gasteiger partial charge in [0.2, 0.25) is 0 Å². The van der Waals surface area contributed by atoms with Crippen molar-refractivity contribution in [3.05, 3.63) is 0 Å². The van der Waals surface area contributed by atoms with Crippen molar-refractivity contribution >= 4 is 11.8 Å². The van der Waals surface area contributed by atoms with Crippen LogP contribution in [0.25, 0.3) is 0 Å². The van der Waals surface area contributed by atoms with E-state index in [0.29, 0.717) is 0 Å². The Morgan fingerprint density at radius 2 is 2.00 bits per heavy atom. The summed E-state index contributed by atoms with van der Waals surface area (Å²) in [5.74, 6) is 1.39. The van der Waals surface area contributed by atoms with Crippen LogP contribution in [0.3, 0.4) is 0 Å². The summed E-state index contributed by atoms with van der Waals surface area (Å²) in [5.41, 5.74) is 0. The minimum absolute atomic E-state index is 0.900. The van der Waals surface area contributed by atoms with Crippen molar-refractivity contribution in [2.75, 3.05) is 38.5 Å². The first-order valence-electron chi connectivity index (χ1n) is 6.50. The molecule has 0 aromatic carbocycles. The summed E-state index contributed by atoms with van der Waals surface area (Å²) in [6, 6.07) is 0. The Kier molecular flexibility index (Phi) is 5.30. The summed E-state index contributed by atoms with van der Waals surface area (Å²) in [5, 5.41) is 4.52. The van der Waals surface area contributed by atoms with Gasteiger partial charge in [-0.25, -0.2) is 0 Å². The van der Waals surface area contributed by atoms with E-state index in [1.54, 1.807) is 0 Å². The second-order valence-corrected chi connectivity index (χ2v) is 6.15. The standard InChI is InChI=1S/C12H24N2S/c1-4-10-15-12(5-1)11-13-6-9-14-7-2-3-8-14/h12-13H,1-11H2. The smallest absolute Gasteiger partial charge is 0.0172 e. The first-order chi connectivity index (χ1) is 7.45. The fraction of sp³-hybridized carbons (Fsp3) is 1.00. The molecule has 0 aromatic heterocycles. The summed E-state index contributed by atoms with van der Waals surface area (Å²) in [7, 11) is 0. The van der Waals surface area contributed by atoms with E-state index in [1.807, 2.05) is 0 Å². The zero-order valence-electron chi connectivity index (χ0n) is 9.71. The lowest BCUT2D eigenvalue weighted by molar-refractivity contribution is 0.335. The van der Waals surface area contributed by atoms with E-state index in [9.17, 15) is 0 Å². The molecule has 2 saturated heterocycles. The van der Waals surface area contributed by atoms with Crippen molar-refractivity contribution < 1.29 is 0 Å². The van der Waals surface area contributed by atoms with Crippen LogP contribution in [0.4, 0.5) is 0 Å². The average molecular weight is 228 g/mol. The topological polar surface area (TPSA) is 15.3 Å². The quantitative estimate of drug-likeness (QED) is 0.724. The van der Waals surface area contributed by atoms with Gasteiger partial charge in [-0.15, -0.1) is 0 Å². The summed E-state index contributed by atoms with van der Waals surface area (Å²) in [6.45, 7) is 6.35. The zero-order valence-corrected chi connectivity index (χ0v) is 10.5. The van der Waals surface area contributed by atoms with E-state index in [-0.39, 0.29) is 0 Å². The second kappa shape index (κ2) is 6.77. The predicted octanol–water partition coefficient (Wildman–Crippen LogP) is 1.96. The molecule has 2 nitrogen and oxygen atoms in total. The van der Waals surface area contributed by atoms with Crippen LogP contribution in [0.2, 0.25) is 0 Å². The van der Waals surface area contributed by atoms with E-state index in [2.05, 4.69) is 22.0 Å². The number of hydrogen-bond donors (Lipinski definition) is 1. The van der Waals surface area contributed by atoms with Gasteiger partial charge in [-0.1, -0.05) is 6.42 Å². The molecule has 1 unspecified atom stereocenters. The van der Waals surface area contributed by atoms with E-state index >= 15 is 0 Å². The molecule has 2 aliphatic rings. The zero-order chi connectivity index (χ0) is 10.3. The maximum absolute atomic E-state index is 3.62. The maximum atomic E-state index is 3.62. The Morgan fingerprint density at radius 3 is 2.73 bits per heavy atom. The van der Waals surface area contributed by atoms with Gasteiger partial charge in [-0.3, -0.25) is 0 Å². The molecular weight excluding hydrogens is 204 g/mol. The van der Waals surface area contributed by atoms with Gasteiger partial charge >= 0.3 is 0 Å². The van der Waals surface area contributed by atoms with Gasteiger partial charge in [0, 0.05) is 24.9 Å². The SMILES string of the molecule is C1CCC(CNCCN2CCCC2)SC1. The fourth-order valence-electron chi connectivity index (χ4n) is 2.47. The van der Waals surface area contributed by atoms with Crippen molar-refractivity contribution in [1.29, 1.82) is 0 Å². The van der Waals surface area contributed by atoms with Crippen LogP contribution >= 0.6 is 11.8 Å². The third kappa shape index (κ3) is 4.33. The van der Waals surface area contributed by atoms with E-state index in [0.717, 1.165) is 5.25 Å². The van der Waals surface area contributed by atoms with Crippen molar-refractivity contribution in [2.45, 2.75) is 37.4 Å². The van der Waals surface area contributed by atoms with Crippen molar-refractivity contribution in [1.82, 2.24) is 10.2 Å². The number of nitrogens with zero attached hydrogens (tertiary/aromatic N) is 1. The Hall–Kier alpha value is 0.270. The molecule has 2 aliphatic heterocycles.